The van der Waals surface area contributed by atoms with Crippen molar-refractivity contribution in [2.75, 3.05) is 0 Å². The second-order valence-electron chi connectivity index (χ2n) is 2.00. The number of rotatable bonds is 2. The summed E-state index contributed by atoms with van der Waals surface area (Å²) < 4.78 is 0. The van der Waals surface area contributed by atoms with Gasteiger partial charge in [0.15, 0.2) is 12.1 Å². The third-order valence-electron chi connectivity index (χ3n) is 1.15. The molecule has 0 bridgehead atoms. The maximum absolute atomic E-state index is 10.7. The molecule has 1 rings (SSSR count). The Morgan fingerprint density at radius 1 is 1.45 bits per heavy atom. The van der Waals surface area contributed by atoms with Gasteiger partial charge in [-0.3, -0.25) is 9.59 Å². The van der Waals surface area contributed by atoms with E-state index in [2.05, 4.69) is 9.97 Å². The molecule has 1 aromatic rings. The minimum atomic E-state index is -0.157. The van der Waals surface area contributed by atoms with Crippen LogP contribution in [0.3, 0.4) is 0 Å². The van der Waals surface area contributed by atoms with E-state index in [1.54, 1.807) is 0 Å². The molecule has 0 amide bonds. The van der Waals surface area contributed by atoms with Crippen LogP contribution in [0.25, 0.3) is 0 Å². The van der Waals surface area contributed by atoms with E-state index < -0.39 is 0 Å². The van der Waals surface area contributed by atoms with E-state index in [0.717, 1.165) is 0 Å². The molecule has 0 atom stereocenters. The normalized spacial score (nSPS) is 9.18. The zero-order valence-electron chi connectivity index (χ0n) is 5.94. The van der Waals surface area contributed by atoms with Gasteiger partial charge in [0.05, 0.1) is 12.4 Å². The van der Waals surface area contributed by atoms with E-state index in [0.29, 0.717) is 6.29 Å². The highest BCUT2D eigenvalue weighted by Gasteiger charge is 1.99. The summed E-state index contributed by atoms with van der Waals surface area (Å²) in [4.78, 5) is 28.1. The Balaban J connectivity index is 3.00. The van der Waals surface area contributed by atoms with Gasteiger partial charge in [0.1, 0.15) is 11.4 Å². The maximum Gasteiger partial charge on any atom is 0.179 e. The van der Waals surface area contributed by atoms with Crippen molar-refractivity contribution in [2.45, 2.75) is 6.92 Å². The standard InChI is InChI=1S/C7H6N2O2/c1-5(11)7-3-8-6(4-10)2-9-7/h2-4H,1H3. The van der Waals surface area contributed by atoms with Crippen LogP contribution in [0.2, 0.25) is 0 Å². The van der Waals surface area contributed by atoms with Crippen LogP contribution in [-0.4, -0.2) is 22.0 Å². The molecule has 0 saturated heterocycles. The van der Waals surface area contributed by atoms with E-state index in [9.17, 15) is 9.59 Å². The minimum absolute atomic E-state index is 0.157. The zero-order chi connectivity index (χ0) is 8.27. The lowest BCUT2D eigenvalue weighted by Crippen LogP contribution is -1.99. The number of nitrogens with zero attached hydrogens (tertiary/aromatic N) is 2. The van der Waals surface area contributed by atoms with Crippen molar-refractivity contribution >= 4 is 12.1 Å². The summed E-state index contributed by atoms with van der Waals surface area (Å²) in [6, 6.07) is 0. The fourth-order valence-corrected chi connectivity index (χ4v) is 0.581. The second kappa shape index (κ2) is 3.01. The van der Waals surface area contributed by atoms with Crippen LogP contribution >= 0.6 is 0 Å². The molecule has 11 heavy (non-hydrogen) atoms. The van der Waals surface area contributed by atoms with Gasteiger partial charge in [-0.2, -0.15) is 0 Å². The molecule has 0 saturated carbocycles. The van der Waals surface area contributed by atoms with E-state index in [-0.39, 0.29) is 17.2 Å². The first-order chi connectivity index (χ1) is 5.24. The number of aldehydes is 1. The van der Waals surface area contributed by atoms with E-state index in [1.165, 1.54) is 19.3 Å². The molecule has 0 aliphatic rings. The number of carbonyl (C=O) groups excluding carboxylic acids is 2. The topological polar surface area (TPSA) is 59.9 Å². The van der Waals surface area contributed by atoms with Crippen LogP contribution in [0.1, 0.15) is 27.9 Å². The van der Waals surface area contributed by atoms with Crippen LogP contribution in [0, 0.1) is 0 Å². The van der Waals surface area contributed by atoms with Crippen molar-refractivity contribution in [2.24, 2.45) is 0 Å². The Labute approximate surface area is 63.3 Å². The molecular weight excluding hydrogens is 144 g/mol. The van der Waals surface area contributed by atoms with Crippen molar-refractivity contribution in [1.29, 1.82) is 0 Å². The van der Waals surface area contributed by atoms with Crippen LogP contribution < -0.4 is 0 Å². The van der Waals surface area contributed by atoms with Crippen molar-refractivity contribution < 1.29 is 9.59 Å². The lowest BCUT2D eigenvalue weighted by atomic mass is 10.3. The fourth-order valence-electron chi connectivity index (χ4n) is 0.581. The first-order valence-corrected chi connectivity index (χ1v) is 3.02. The summed E-state index contributed by atoms with van der Waals surface area (Å²) in [7, 11) is 0. The highest BCUT2D eigenvalue weighted by molar-refractivity contribution is 5.91. The summed E-state index contributed by atoms with van der Waals surface area (Å²) in [5.41, 5.74) is 0.505. The van der Waals surface area contributed by atoms with E-state index in [1.807, 2.05) is 0 Å². The fraction of sp³-hybridized carbons (Fsp3) is 0.143. The smallest absolute Gasteiger partial charge is 0.179 e. The predicted octanol–water partition coefficient (Wildman–Crippen LogP) is 0.492. The third-order valence-corrected chi connectivity index (χ3v) is 1.15. The molecule has 0 radical (unpaired) electrons. The summed E-state index contributed by atoms with van der Waals surface area (Å²) in [5, 5.41) is 0. The quantitative estimate of drug-likeness (QED) is 0.454. The van der Waals surface area contributed by atoms with E-state index in [4.69, 9.17) is 0 Å². The molecular formula is C7H6N2O2. The van der Waals surface area contributed by atoms with Gasteiger partial charge in [0.25, 0.3) is 0 Å². The van der Waals surface area contributed by atoms with Crippen molar-refractivity contribution in [1.82, 2.24) is 9.97 Å². The summed E-state index contributed by atoms with van der Waals surface area (Å²) in [6.45, 7) is 1.39. The average molecular weight is 150 g/mol. The van der Waals surface area contributed by atoms with E-state index >= 15 is 0 Å². The molecule has 1 heterocycles. The molecule has 1 aromatic heterocycles. The van der Waals surface area contributed by atoms with Crippen LogP contribution in [0.15, 0.2) is 12.4 Å². The molecule has 4 nitrogen and oxygen atoms in total. The third kappa shape index (κ3) is 1.67. The summed E-state index contributed by atoms with van der Waals surface area (Å²) in [6.07, 6.45) is 3.13. The van der Waals surface area contributed by atoms with Crippen LogP contribution in [-0.2, 0) is 0 Å². The lowest BCUT2D eigenvalue weighted by molar-refractivity contribution is 0.101. The molecule has 56 valence electrons. The molecule has 0 unspecified atom stereocenters. The number of aromatic nitrogens is 2. The van der Waals surface area contributed by atoms with Gasteiger partial charge in [-0.25, -0.2) is 9.97 Å². The highest BCUT2D eigenvalue weighted by atomic mass is 16.1. The van der Waals surface area contributed by atoms with Gasteiger partial charge >= 0.3 is 0 Å². The first-order valence-electron chi connectivity index (χ1n) is 3.02. The maximum atomic E-state index is 10.7. The van der Waals surface area contributed by atoms with Gasteiger partial charge in [-0.1, -0.05) is 0 Å². The number of hydrogen-bond donors (Lipinski definition) is 0. The Morgan fingerprint density at radius 3 is 2.55 bits per heavy atom. The molecule has 0 aliphatic heterocycles. The van der Waals surface area contributed by atoms with Gasteiger partial charge in [0, 0.05) is 6.92 Å². The van der Waals surface area contributed by atoms with Crippen molar-refractivity contribution in [3.05, 3.63) is 23.8 Å². The lowest BCUT2D eigenvalue weighted by Gasteiger charge is -1.91. The van der Waals surface area contributed by atoms with Crippen LogP contribution in [0.5, 0.6) is 0 Å². The largest absolute Gasteiger partial charge is 0.296 e. The molecule has 0 fully saturated rings. The van der Waals surface area contributed by atoms with Crippen molar-refractivity contribution in [3.8, 4) is 0 Å². The number of ketones is 1. The highest BCUT2D eigenvalue weighted by Crippen LogP contribution is 1.93. The zero-order valence-corrected chi connectivity index (χ0v) is 5.94. The Morgan fingerprint density at radius 2 is 2.18 bits per heavy atom. The van der Waals surface area contributed by atoms with Gasteiger partial charge in [-0.05, 0) is 0 Å². The number of carbonyl (C=O) groups is 2. The monoisotopic (exact) mass is 150 g/mol. The van der Waals surface area contributed by atoms with Gasteiger partial charge in [0.2, 0.25) is 0 Å². The minimum Gasteiger partial charge on any atom is -0.296 e. The first kappa shape index (κ1) is 7.53. The Kier molecular flexibility index (Phi) is 2.06. The average Bonchev–Trinajstić information content (AvgIpc) is 2.05. The van der Waals surface area contributed by atoms with Crippen molar-refractivity contribution in [3.63, 3.8) is 0 Å². The molecule has 0 aliphatic carbocycles. The van der Waals surface area contributed by atoms with Gasteiger partial charge < -0.3 is 0 Å². The number of Topliss-reactive ketones (excluding diaryl/α,β-unsaturated/α-hetero) is 1. The summed E-state index contributed by atoms with van der Waals surface area (Å²) in [5.74, 6) is -0.157. The Bertz CT molecular complexity index is 279. The van der Waals surface area contributed by atoms with Crippen LogP contribution in [0.4, 0.5) is 0 Å². The summed E-state index contributed by atoms with van der Waals surface area (Å²) >= 11 is 0. The molecule has 0 N–H and O–H groups in total. The predicted molar refractivity (Wildman–Crippen MR) is 37.4 cm³/mol. The Hall–Kier alpha value is -1.58. The molecule has 0 aromatic carbocycles. The molecule has 0 spiro atoms. The van der Waals surface area contributed by atoms with Gasteiger partial charge in [-0.15, -0.1) is 0 Å². The second-order valence-corrected chi connectivity index (χ2v) is 2.00. The molecule has 4 heteroatoms. The SMILES string of the molecule is CC(=O)c1cnc(C=O)cn1. The number of hydrogen-bond acceptors (Lipinski definition) is 4.